The van der Waals surface area contributed by atoms with Crippen molar-refractivity contribution in [3.63, 3.8) is 0 Å². The van der Waals surface area contributed by atoms with Gasteiger partial charge in [0.15, 0.2) is 6.29 Å². The molecule has 0 fully saturated rings. The lowest BCUT2D eigenvalue weighted by Crippen LogP contribution is -2.23. The van der Waals surface area contributed by atoms with Crippen molar-refractivity contribution in [3.05, 3.63) is 65.5 Å². The molecule has 118 valence electrons. The second-order valence-corrected chi connectivity index (χ2v) is 5.18. The van der Waals surface area contributed by atoms with Gasteiger partial charge in [0.1, 0.15) is 5.60 Å². The van der Waals surface area contributed by atoms with Crippen LogP contribution in [0.3, 0.4) is 0 Å². The molecule has 1 N–H and O–H groups in total. The highest BCUT2D eigenvalue weighted by molar-refractivity contribution is 5.35. The van der Waals surface area contributed by atoms with Crippen molar-refractivity contribution in [2.24, 2.45) is 0 Å². The fourth-order valence-corrected chi connectivity index (χ4v) is 2.33. The van der Waals surface area contributed by atoms with Gasteiger partial charge in [-0.15, -0.1) is 0 Å². The van der Waals surface area contributed by atoms with Crippen LogP contribution in [0.5, 0.6) is 0 Å². The molecule has 4 heteroatoms. The summed E-state index contributed by atoms with van der Waals surface area (Å²) >= 11 is 0. The molecule has 0 amide bonds. The molecule has 2 aromatic rings. The van der Waals surface area contributed by atoms with Crippen molar-refractivity contribution < 1.29 is 14.6 Å². The largest absolute Gasteiger partial charge is 0.381 e. The maximum Gasteiger partial charge on any atom is 0.183 e. The van der Waals surface area contributed by atoms with E-state index in [1.807, 2.05) is 50.2 Å². The van der Waals surface area contributed by atoms with Crippen molar-refractivity contribution in [2.45, 2.75) is 32.7 Å². The van der Waals surface area contributed by atoms with Gasteiger partial charge in [-0.25, -0.2) is 0 Å². The number of nitrogens with zero attached hydrogens (tertiary/aromatic N) is 1. The first-order valence-corrected chi connectivity index (χ1v) is 7.56. The molecule has 0 aliphatic heterocycles. The third-order valence-corrected chi connectivity index (χ3v) is 3.60. The van der Waals surface area contributed by atoms with Gasteiger partial charge in [-0.1, -0.05) is 30.3 Å². The van der Waals surface area contributed by atoms with Gasteiger partial charge in [0, 0.05) is 36.7 Å². The van der Waals surface area contributed by atoms with Crippen molar-refractivity contribution in [2.75, 3.05) is 13.2 Å². The van der Waals surface area contributed by atoms with Crippen LogP contribution in [0.2, 0.25) is 0 Å². The molecule has 0 saturated heterocycles. The Bertz CT molecular complexity index is 561. The minimum absolute atomic E-state index is 0.368. The Balaban J connectivity index is 2.24. The normalized spacial score (nSPS) is 14.0. The minimum atomic E-state index is -1.08. The van der Waals surface area contributed by atoms with E-state index in [2.05, 4.69) is 4.98 Å². The molecule has 0 radical (unpaired) electrons. The Morgan fingerprint density at radius 3 is 2.18 bits per heavy atom. The van der Waals surface area contributed by atoms with E-state index in [0.29, 0.717) is 13.2 Å². The molecule has 22 heavy (non-hydrogen) atoms. The fourth-order valence-electron chi connectivity index (χ4n) is 2.33. The van der Waals surface area contributed by atoms with Gasteiger partial charge in [-0.2, -0.15) is 0 Å². The van der Waals surface area contributed by atoms with E-state index in [4.69, 9.17) is 9.47 Å². The zero-order valence-electron chi connectivity index (χ0n) is 13.3. The van der Waals surface area contributed by atoms with Gasteiger partial charge in [0.2, 0.25) is 0 Å². The highest BCUT2D eigenvalue weighted by Crippen LogP contribution is 2.30. The van der Waals surface area contributed by atoms with Crippen LogP contribution in [0.1, 0.15) is 43.8 Å². The molecular formula is C18H23NO3. The average molecular weight is 301 g/mol. The van der Waals surface area contributed by atoms with Crippen LogP contribution >= 0.6 is 0 Å². The predicted molar refractivity (Wildman–Crippen MR) is 85.3 cm³/mol. The van der Waals surface area contributed by atoms with Crippen LogP contribution in [0, 0.1) is 0 Å². The van der Waals surface area contributed by atoms with Crippen LogP contribution < -0.4 is 0 Å². The molecule has 0 aliphatic carbocycles. The van der Waals surface area contributed by atoms with E-state index in [0.717, 1.165) is 16.7 Å². The zero-order valence-corrected chi connectivity index (χ0v) is 13.3. The summed E-state index contributed by atoms with van der Waals surface area (Å²) in [5, 5.41) is 10.8. The summed E-state index contributed by atoms with van der Waals surface area (Å²) in [6, 6.07) is 11.3. The first kappa shape index (κ1) is 16.6. The average Bonchev–Trinajstić information content (AvgIpc) is 2.55. The molecule has 0 unspecified atom stereocenters. The third kappa shape index (κ3) is 3.71. The van der Waals surface area contributed by atoms with Gasteiger partial charge in [0.05, 0.1) is 0 Å². The number of benzene rings is 1. The number of ether oxygens (including phenoxy) is 2. The molecule has 0 spiro atoms. The van der Waals surface area contributed by atoms with Crippen molar-refractivity contribution in [3.8, 4) is 0 Å². The molecule has 2 rings (SSSR count). The SMILES string of the molecule is CCOC(OCC)c1ccc([C@@](C)(O)c2cccnc2)cc1. The lowest BCUT2D eigenvalue weighted by molar-refractivity contribution is -0.140. The Labute approximate surface area is 131 Å². The van der Waals surface area contributed by atoms with Gasteiger partial charge >= 0.3 is 0 Å². The molecule has 1 aromatic heterocycles. The van der Waals surface area contributed by atoms with Crippen LogP contribution in [0.25, 0.3) is 0 Å². The predicted octanol–water partition coefficient (Wildman–Crippen LogP) is 3.41. The van der Waals surface area contributed by atoms with E-state index >= 15 is 0 Å². The van der Waals surface area contributed by atoms with E-state index in [-0.39, 0.29) is 6.29 Å². The molecular weight excluding hydrogens is 278 g/mol. The number of aromatic nitrogens is 1. The first-order valence-electron chi connectivity index (χ1n) is 7.56. The summed E-state index contributed by atoms with van der Waals surface area (Å²) in [4.78, 5) is 4.07. The Hall–Kier alpha value is -1.75. The topological polar surface area (TPSA) is 51.6 Å². The summed E-state index contributed by atoms with van der Waals surface area (Å²) in [6.45, 7) is 6.81. The molecule has 0 aliphatic rings. The van der Waals surface area contributed by atoms with Crippen LogP contribution in [-0.4, -0.2) is 23.3 Å². The van der Waals surface area contributed by atoms with Crippen molar-refractivity contribution in [1.29, 1.82) is 0 Å². The third-order valence-electron chi connectivity index (χ3n) is 3.60. The van der Waals surface area contributed by atoms with Gasteiger partial charge in [-0.3, -0.25) is 4.98 Å². The van der Waals surface area contributed by atoms with Gasteiger partial charge in [-0.05, 0) is 32.4 Å². The zero-order chi connectivity index (χ0) is 16.0. The number of rotatable bonds is 7. The smallest absolute Gasteiger partial charge is 0.183 e. The molecule has 0 bridgehead atoms. The van der Waals surface area contributed by atoms with Crippen LogP contribution in [-0.2, 0) is 15.1 Å². The fraction of sp³-hybridized carbons (Fsp3) is 0.389. The maximum absolute atomic E-state index is 10.8. The Morgan fingerprint density at radius 1 is 1.05 bits per heavy atom. The summed E-state index contributed by atoms with van der Waals surface area (Å²) in [5.41, 5.74) is 1.42. The van der Waals surface area contributed by atoms with Crippen molar-refractivity contribution in [1.82, 2.24) is 4.98 Å². The Morgan fingerprint density at radius 2 is 1.68 bits per heavy atom. The van der Waals surface area contributed by atoms with Crippen LogP contribution in [0.4, 0.5) is 0 Å². The van der Waals surface area contributed by atoms with E-state index in [9.17, 15) is 5.11 Å². The lowest BCUT2D eigenvalue weighted by Gasteiger charge is -2.25. The number of aliphatic hydroxyl groups is 1. The first-order chi connectivity index (χ1) is 10.6. The number of hydrogen-bond donors (Lipinski definition) is 1. The molecule has 4 nitrogen and oxygen atoms in total. The number of pyridine rings is 1. The van der Waals surface area contributed by atoms with E-state index in [1.165, 1.54) is 0 Å². The number of hydrogen-bond acceptors (Lipinski definition) is 4. The second-order valence-electron chi connectivity index (χ2n) is 5.18. The van der Waals surface area contributed by atoms with Crippen LogP contribution in [0.15, 0.2) is 48.8 Å². The monoisotopic (exact) mass is 301 g/mol. The molecule has 0 saturated carbocycles. The quantitative estimate of drug-likeness (QED) is 0.796. The molecule has 1 heterocycles. The second kappa shape index (κ2) is 7.49. The summed E-state index contributed by atoms with van der Waals surface area (Å²) in [7, 11) is 0. The highest BCUT2D eigenvalue weighted by Gasteiger charge is 2.26. The molecule has 1 aromatic carbocycles. The summed E-state index contributed by atoms with van der Waals surface area (Å²) in [6.07, 6.45) is 3.00. The highest BCUT2D eigenvalue weighted by atomic mass is 16.7. The minimum Gasteiger partial charge on any atom is -0.381 e. The lowest BCUT2D eigenvalue weighted by atomic mass is 9.89. The molecule has 1 atom stereocenters. The van der Waals surface area contributed by atoms with E-state index < -0.39 is 5.60 Å². The van der Waals surface area contributed by atoms with Crippen molar-refractivity contribution >= 4 is 0 Å². The van der Waals surface area contributed by atoms with Gasteiger partial charge in [0.25, 0.3) is 0 Å². The summed E-state index contributed by atoms with van der Waals surface area (Å²) in [5.74, 6) is 0. The van der Waals surface area contributed by atoms with E-state index in [1.54, 1.807) is 19.3 Å². The summed E-state index contributed by atoms with van der Waals surface area (Å²) < 4.78 is 11.2. The Kier molecular flexibility index (Phi) is 5.66. The van der Waals surface area contributed by atoms with Gasteiger partial charge < -0.3 is 14.6 Å². The standard InChI is InChI=1S/C18H23NO3/c1-4-21-17(22-5-2)14-8-10-15(11-9-14)18(3,20)16-7-6-12-19-13-16/h6-13,17,20H,4-5H2,1-3H3/t18-/m1/s1. The maximum atomic E-state index is 10.8.